The molecule has 2 amide bonds. The van der Waals surface area contributed by atoms with Crippen LogP contribution in [0.2, 0.25) is 0 Å². The number of hydrogen-bond acceptors (Lipinski definition) is 9. The first-order valence-electron chi connectivity index (χ1n) is 14.3. The van der Waals surface area contributed by atoms with E-state index in [4.69, 9.17) is 38.1 Å². The summed E-state index contributed by atoms with van der Waals surface area (Å²) >= 11 is 5.59. The summed E-state index contributed by atoms with van der Waals surface area (Å²) in [6.45, 7) is 6.21. The topological polar surface area (TPSA) is 155 Å². The minimum absolute atomic E-state index is 0.0234. The van der Waals surface area contributed by atoms with E-state index in [1.165, 1.54) is 0 Å². The minimum atomic E-state index is -1.69. The molecule has 2 saturated heterocycles. The number of hydroxylamine groups is 1. The van der Waals surface area contributed by atoms with Crippen LogP contribution in [0.25, 0.3) is 6.08 Å². The van der Waals surface area contributed by atoms with Gasteiger partial charge in [0.25, 0.3) is 0 Å². The number of thiocarbonyl (C=S) groups is 1. The average molecular weight is 589 g/mol. The zero-order valence-electron chi connectivity index (χ0n) is 24.2. The van der Waals surface area contributed by atoms with Gasteiger partial charge >= 0.3 is 0 Å². The highest BCUT2D eigenvalue weighted by Crippen LogP contribution is 2.46. The standard InChI is InChI=1S/C30H44N4O6S/c1-19(2)17-23(28(36)33-32)26(29(37)34-40-25-11-7-8-15-39-25)30(27(35)20(3)31,24-18-22(41)13-16-38-24)14-12-21-9-5-4-6-10-21/h4-6,9-10,12,14,19-20,23-26H,7-8,11,13,15-18,31-32H2,1-3H3,(H,33,36)(H,34,37)/b14-12+/t20-,23+,24?,25?,26+,30?/m1/s1. The van der Waals surface area contributed by atoms with E-state index in [0.717, 1.165) is 18.4 Å². The van der Waals surface area contributed by atoms with Gasteiger partial charge in [-0.25, -0.2) is 16.2 Å². The van der Waals surface area contributed by atoms with Crippen LogP contribution >= 0.6 is 12.2 Å². The molecule has 2 fully saturated rings. The molecule has 6 N–H and O–H groups in total. The first-order chi connectivity index (χ1) is 19.6. The Balaban J connectivity index is 2.24. The van der Waals surface area contributed by atoms with Crippen molar-refractivity contribution >= 4 is 40.8 Å². The molecule has 2 aliphatic heterocycles. The van der Waals surface area contributed by atoms with E-state index < -0.39 is 53.3 Å². The van der Waals surface area contributed by atoms with Crippen molar-refractivity contribution in [2.24, 2.45) is 34.7 Å². The number of Topliss-reactive ketones (excluding diaryl/α,β-unsaturated/α-hetero) is 1. The van der Waals surface area contributed by atoms with Crippen molar-refractivity contribution in [2.45, 2.75) is 77.7 Å². The minimum Gasteiger partial charge on any atom is -0.376 e. The monoisotopic (exact) mass is 588 g/mol. The van der Waals surface area contributed by atoms with Crippen LogP contribution in [0.1, 0.15) is 64.9 Å². The van der Waals surface area contributed by atoms with Gasteiger partial charge < -0.3 is 15.2 Å². The zero-order valence-corrected chi connectivity index (χ0v) is 25.0. The molecule has 6 atom stereocenters. The Labute approximate surface area is 247 Å². The molecule has 3 rings (SSSR count). The maximum atomic E-state index is 14.4. The molecular weight excluding hydrogens is 544 g/mol. The number of amides is 2. The second-order valence-electron chi connectivity index (χ2n) is 11.3. The van der Waals surface area contributed by atoms with E-state index in [1.54, 1.807) is 19.1 Å². The molecule has 1 aromatic carbocycles. The predicted molar refractivity (Wildman–Crippen MR) is 160 cm³/mol. The molecule has 0 spiro atoms. The van der Waals surface area contributed by atoms with Crippen molar-refractivity contribution < 1.29 is 28.7 Å². The summed E-state index contributed by atoms with van der Waals surface area (Å²) in [5, 5.41) is 0. The summed E-state index contributed by atoms with van der Waals surface area (Å²) in [5.74, 6) is 1.60. The van der Waals surface area contributed by atoms with Gasteiger partial charge in [-0.15, -0.1) is 0 Å². The molecular formula is C30H44N4O6S. The lowest BCUT2D eigenvalue weighted by Crippen LogP contribution is -2.62. The predicted octanol–water partition coefficient (Wildman–Crippen LogP) is 2.99. The fourth-order valence-electron chi connectivity index (χ4n) is 5.72. The molecule has 0 saturated carbocycles. The van der Waals surface area contributed by atoms with Gasteiger partial charge in [0.2, 0.25) is 11.8 Å². The number of nitrogens with two attached hydrogens (primary N) is 2. The number of ether oxygens (including phenoxy) is 2. The number of carbonyl (C=O) groups is 3. The Morgan fingerprint density at radius 3 is 2.44 bits per heavy atom. The van der Waals surface area contributed by atoms with Crippen molar-refractivity contribution in [3.05, 3.63) is 42.0 Å². The van der Waals surface area contributed by atoms with Gasteiger partial charge in [-0.1, -0.05) is 68.5 Å². The van der Waals surface area contributed by atoms with Crippen molar-refractivity contribution in [2.75, 3.05) is 13.2 Å². The van der Waals surface area contributed by atoms with E-state index in [9.17, 15) is 14.4 Å². The molecule has 226 valence electrons. The van der Waals surface area contributed by atoms with Gasteiger partial charge in [-0.05, 0) is 42.5 Å². The summed E-state index contributed by atoms with van der Waals surface area (Å²) in [6.07, 6.45) is 5.36. The van der Waals surface area contributed by atoms with Crippen molar-refractivity contribution in [1.82, 2.24) is 10.9 Å². The molecule has 10 nitrogen and oxygen atoms in total. The van der Waals surface area contributed by atoms with Gasteiger partial charge in [-0.3, -0.25) is 19.8 Å². The largest absolute Gasteiger partial charge is 0.376 e. The highest BCUT2D eigenvalue weighted by Gasteiger charge is 2.58. The van der Waals surface area contributed by atoms with Gasteiger partial charge in [0.1, 0.15) is 0 Å². The lowest BCUT2D eigenvalue weighted by molar-refractivity contribution is -0.206. The first-order valence-corrected chi connectivity index (χ1v) is 14.8. The number of nitrogens with one attached hydrogen (secondary N) is 2. The summed E-state index contributed by atoms with van der Waals surface area (Å²) in [4.78, 5) is 48.6. The summed E-state index contributed by atoms with van der Waals surface area (Å²) in [5.41, 5.74) is 10.1. The second kappa shape index (κ2) is 15.6. The van der Waals surface area contributed by atoms with Crippen LogP contribution in [0.4, 0.5) is 0 Å². The third kappa shape index (κ3) is 8.50. The number of carbonyl (C=O) groups excluding carboxylic acids is 3. The SMILES string of the molecule is CC(C)C[C@H](C(=O)NN)[C@@H](C(=O)NOC1CCCCO1)C(/C=C/c1ccccc1)(C(=O)[C@@H](C)N)C1CC(=S)CCO1. The Morgan fingerprint density at radius 2 is 1.85 bits per heavy atom. The average Bonchev–Trinajstić information content (AvgIpc) is 2.97. The molecule has 1 aromatic rings. The quantitative estimate of drug-likeness (QED) is 0.118. The number of ketones is 1. The van der Waals surface area contributed by atoms with Gasteiger partial charge in [0.05, 0.1) is 36.0 Å². The molecule has 0 aliphatic carbocycles. The molecule has 0 radical (unpaired) electrons. The second-order valence-corrected chi connectivity index (χ2v) is 11.9. The van der Waals surface area contributed by atoms with E-state index in [2.05, 4.69) is 10.9 Å². The maximum absolute atomic E-state index is 14.4. The molecule has 0 aromatic heterocycles. The number of rotatable bonds is 13. The summed E-state index contributed by atoms with van der Waals surface area (Å²) < 4.78 is 11.9. The third-order valence-corrected chi connectivity index (χ3v) is 8.04. The highest BCUT2D eigenvalue weighted by molar-refractivity contribution is 7.80. The number of hydrogen-bond donors (Lipinski definition) is 4. The van der Waals surface area contributed by atoms with Crippen LogP contribution in [0.5, 0.6) is 0 Å². The van der Waals surface area contributed by atoms with Crippen LogP contribution in [0.15, 0.2) is 36.4 Å². The lowest BCUT2D eigenvalue weighted by Gasteiger charge is -2.46. The third-order valence-electron chi connectivity index (χ3n) is 7.67. The van der Waals surface area contributed by atoms with E-state index in [0.29, 0.717) is 24.3 Å². The molecule has 2 aliphatic rings. The van der Waals surface area contributed by atoms with E-state index >= 15 is 0 Å². The number of hydrazine groups is 1. The van der Waals surface area contributed by atoms with Crippen molar-refractivity contribution in [3.63, 3.8) is 0 Å². The Kier molecular flexibility index (Phi) is 12.6. The molecule has 3 unspecified atom stereocenters. The molecule has 41 heavy (non-hydrogen) atoms. The first kappa shape index (κ1) is 33.0. The van der Waals surface area contributed by atoms with Crippen LogP contribution in [-0.4, -0.2) is 54.1 Å². The van der Waals surface area contributed by atoms with Gasteiger partial charge in [0, 0.05) is 25.9 Å². The van der Waals surface area contributed by atoms with Crippen LogP contribution in [0, 0.1) is 23.2 Å². The summed E-state index contributed by atoms with van der Waals surface area (Å²) in [6, 6.07) is 8.37. The smallest absolute Gasteiger partial charge is 0.248 e. The Hall–Kier alpha value is -2.54. The van der Waals surface area contributed by atoms with Crippen molar-refractivity contribution in [3.8, 4) is 0 Å². The molecule has 2 heterocycles. The Bertz CT molecular complexity index is 1080. The van der Waals surface area contributed by atoms with E-state index in [1.807, 2.05) is 44.2 Å². The lowest BCUT2D eigenvalue weighted by atomic mass is 9.59. The van der Waals surface area contributed by atoms with Gasteiger partial charge in [0.15, 0.2) is 12.1 Å². The fraction of sp³-hybridized carbons (Fsp3) is 0.600. The number of benzene rings is 1. The maximum Gasteiger partial charge on any atom is 0.248 e. The molecule has 11 heteroatoms. The summed E-state index contributed by atoms with van der Waals surface area (Å²) in [7, 11) is 0. The van der Waals surface area contributed by atoms with Crippen LogP contribution in [0.3, 0.4) is 0 Å². The Morgan fingerprint density at radius 1 is 1.12 bits per heavy atom. The van der Waals surface area contributed by atoms with E-state index in [-0.39, 0.29) is 25.4 Å². The van der Waals surface area contributed by atoms with Crippen LogP contribution < -0.4 is 22.5 Å². The van der Waals surface area contributed by atoms with Gasteiger partial charge in [-0.2, -0.15) is 0 Å². The molecule has 0 bridgehead atoms. The highest BCUT2D eigenvalue weighted by atomic mass is 32.1. The fourth-order valence-corrected chi connectivity index (χ4v) is 5.96. The van der Waals surface area contributed by atoms with Crippen LogP contribution in [-0.2, 0) is 28.7 Å². The van der Waals surface area contributed by atoms with Crippen molar-refractivity contribution in [1.29, 1.82) is 0 Å². The normalized spacial score (nSPS) is 23.4. The zero-order chi connectivity index (χ0) is 30.0.